The third-order valence-electron chi connectivity index (χ3n) is 3.87. The van der Waals surface area contributed by atoms with Gasteiger partial charge in [0.15, 0.2) is 5.82 Å². The molecule has 0 aliphatic carbocycles. The van der Waals surface area contributed by atoms with Crippen LogP contribution in [0.25, 0.3) is 0 Å². The fourth-order valence-electron chi connectivity index (χ4n) is 2.76. The van der Waals surface area contributed by atoms with Crippen LogP contribution in [0.5, 0.6) is 0 Å². The minimum absolute atomic E-state index is 0.0844. The number of nitrogens with zero attached hydrogens (tertiary/aromatic N) is 2. The molecule has 0 bridgehead atoms. The van der Waals surface area contributed by atoms with Gasteiger partial charge < -0.3 is 36.6 Å². The Hall–Kier alpha value is -1.94. The molecule has 1 aromatic rings. The summed E-state index contributed by atoms with van der Waals surface area (Å²) in [6.07, 6.45) is 4.05. The van der Waals surface area contributed by atoms with Crippen molar-refractivity contribution in [2.24, 2.45) is 5.73 Å². The molecule has 10 heteroatoms. The number of fused-ring (bicyclic) bond motifs is 1. The molecule has 9 nitrogen and oxygen atoms in total. The highest BCUT2D eigenvalue weighted by atomic mass is 35.5. The molecule has 0 radical (unpaired) electrons. The van der Waals surface area contributed by atoms with E-state index < -0.39 is 0 Å². The van der Waals surface area contributed by atoms with Crippen molar-refractivity contribution in [3.8, 4) is 0 Å². The van der Waals surface area contributed by atoms with Gasteiger partial charge in [-0.15, -0.1) is 0 Å². The Labute approximate surface area is 144 Å². The maximum Gasteiger partial charge on any atom is 0.229 e. The molecule has 0 saturated carbocycles. The first-order valence-corrected chi connectivity index (χ1v) is 7.93. The first kappa shape index (κ1) is 16.9. The quantitative estimate of drug-likeness (QED) is 0.457. The number of nitrogens with one attached hydrogen (secondary N) is 4. The van der Waals surface area contributed by atoms with E-state index in [2.05, 4.69) is 25.9 Å². The number of ether oxygens (including phenoxy) is 2. The molecule has 3 rings (SSSR count). The van der Waals surface area contributed by atoms with Gasteiger partial charge in [0.25, 0.3) is 0 Å². The first-order valence-electron chi connectivity index (χ1n) is 7.55. The normalized spacial score (nSPS) is 29.2. The summed E-state index contributed by atoms with van der Waals surface area (Å²) < 4.78 is 11.4. The highest BCUT2D eigenvalue weighted by molar-refractivity contribution is 6.32. The highest BCUT2D eigenvalue weighted by Crippen LogP contribution is 2.29. The zero-order chi connectivity index (χ0) is 17.1. The predicted molar refractivity (Wildman–Crippen MR) is 91.5 cm³/mol. The van der Waals surface area contributed by atoms with E-state index in [4.69, 9.17) is 32.2 Å². The Morgan fingerprint density at radius 3 is 2.96 bits per heavy atom. The van der Waals surface area contributed by atoms with Gasteiger partial charge >= 0.3 is 0 Å². The van der Waals surface area contributed by atoms with E-state index in [1.165, 1.54) is 6.20 Å². The van der Waals surface area contributed by atoms with Gasteiger partial charge in [0, 0.05) is 19.5 Å². The van der Waals surface area contributed by atoms with E-state index in [9.17, 15) is 0 Å². The molecule has 1 aromatic heterocycles. The van der Waals surface area contributed by atoms with Crippen LogP contribution in [0.3, 0.4) is 0 Å². The molecular formula is C14H20ClN7O2. The first-order chi connectivity index (χ1) is 11.6. The van der Waals surface area contributed by atoms with Gasteiger partial charge in [-0.2, -0.15) is 4.98 Å². The smallest absolute Gasteiger partial charge is 0.229 e. The number of halogens is 1. The van der Waals surface area contributed by atoms with Gasteiger partial charge in [-0.1, -0.05) is 11.6 Å². The maximum absolute atomic E-state index is 7.35. The van der Waals surface area contributed by atoms with E-state index in [1.807, 2.05) is 0 Å². The lowest BCUT2D eigenvalue weighted by Gasteiger charge is -2.19. The molecule has 6 N–H and O–H groups in total. The summed E-state index contributed by atoms with van der Waals surface area (Å²) in [5.41, 5.74) is 6.47. The Balaban J connectivity index is 1.73. The van der Waals surface area contributed by atoms with Crippen LogP contribution in [0.2, 0.25) is 5.02 Å². The van der Waals surface area contributed by atoms with Crippen molar-refractivity contribution in [3.05, 3.63) is 23.1 Å². The van der Waals surface area contributed by atoms with Crippen molar-refractivity contribution in [3.63, 3.8) is 0 Å². The number of allylic oxidation sites excluding steroid dienone is 1. The van der Waals surface area contributed by atoms with Gasteiger partial charge in [0.2, 0.25) is 5.95 Å². The molecule has 2 aliphatic heterocycles. The SMILES string of the molecule is CN/C=C(\C=N)Nc1ncc(Cl)c(NC2COC3C(N)COC23)n1. The van der Waals surface area contributed by atoms with Crippen LogP contribution in [0.15, 0.2) is 18.1 Å². The van der Waals surface area contributed by atoms with E-state index in [0.29, 0.717) is 35.7 Å². The average molecular weight is 354 g/mol. The second-order valence-electron chi connectivity index (χ2n) is 5.56. The Morgan fingerprint density at radius 2 is 2.21 bits per heavy atom. The van der Waals surface area contributed by atoms with Crippen LogP contribution in [0.1, 0.15) is 0 Å². The van der Waals surface area contributed by atoms with Crippen LogP contribution in [0.4, 0.5) is 11.8 Å². The standard InChI is InChI=1S/C14H20ClN7O2/c1-18-3-7(2-16)20-14-19-4-8(15)13(22-14)21-10-6-24-11-9(17)5-23-12(10)11/h2-4,9-12,16,18H,5-6,17H2,1H3,(H2,19,20,21,22)/b7-3+,16-2?. The zero-order valence-corrected chi connectivity index (χ0v) is 13.9. The van der Waals surface area contributed by atoms with Gasteiger partial charge in [0.05, 0.1) is 37.2 Å². The number of anilines is 2. The minimum Gasteiger partial charge on any atom is -0.392 e. The predicted octanol–water partition coefficient (Wildman–Crippen LogP) is 0.158. The summed E-state index contributed by atoms with van der Waals surface area (Å²) in [5.74, 6) is 0.799. The number of nitrogens with two attached hydrogens (primary N) is 1. The Morgan fingerprint density at radius 1 is 1.42 bits per heavy atom. The van der Waals surface area contributed by atoms with Gasteiger partial charge in [-0.3, -0.25) is 0 Å². The Bertz CT molecular complexity index is 642. The average Bonchev–Trinajstić information content (AvgIpc) is 3.14. The fraction of sp³-hybridized carbons (Fsp3) is 0.500. The third kappa shape index (κ3) is 3.44. The number of hydrogen-bond acceptors (Lipinski definition) is 9. The van der Waals surface area contributed by atoms with Crippen molar-refractivity contribution < 1.29 is 9.47 Å². The summed E-state index contributed by atoms with van der Waals surface area (Å²) in [5, 5.41) is 16.7. The minimum atomic E-state index is -0.122. The van der Waals surface area contributed by atoms with Crippen molar-refractivity contribution in [1.82, 2.24) is 15.3 Å². The number of rotatable bonds is 6. The van der Waals surface area contributed by atoms with Crippen molar-refractivity contribution in [1.29, 1.82) is 5.41 Å². The van der Waals surface area contributed by atoms with Crippen LogP contribution in [0, 0.1) is 5.41 Å². The summed E-state index contributed by atoms with van der Waals surface area (Å²) >= 11 is 6.18. The Kier molecular flexibility index (Phi) is 5.14. The molecule has 0 amide bonds. The van der Waals surface area contributed by atoms with Crippen molar-refractivity contribution >= 4 is 29.6 Å². The van der Waals surface area contributed by atoms with E-state index in [1.54, 1.807) is 13.2 Å². The van der Waals surface area contributed by atoms with Gasteiger partial charge in [-0.05, 0) is 0 Å². The molecule has 2 fully saturated rings. The second-order valence-corrected chi connectivity index (χ2v) is 5.97. The van der Waals surface area contributed by atoms with Gasteiger partial charge in [0.1, 0.15) is 17.2 Å². The molecule has 2 saturated heterocycles. The number of hydrogen-bond donors (Lipinski definition) is 5. The summed E-state index contributed by atoms with van der Waals surface area (Å²) in [6.45, 7) is 0.951. The molecule has 4 unspecified atom stereocenters. The summed E-state index contributed by atoms with van der Waals surface area (Å²) in [6, 6.07) is -0.194. The molecule has 4 atom stereocenters. The third-order valence-corrected chi connectivity index (χ3v) is 4.15. The molecule has 2 aliphatic rings. The molecular weight excluding hydrogens is 334 g/mol. The largest absolute Gasteiger partial charge is 0.392 e. The van der Waals surface area contributed by atoms with E-state index >= 15 is 0 Å². The summed E-state index contributed by atoms with van der Waals surface area (Å²) in [4.78, 5) is 8.47. The zero-order valence-electron chi connectivity index (χ0n) is 13.1. The highest BCUT2D eigenvalue weighted by Gasteiger charge is 2.46. The van der Waals surface area contributed by atoms with Crippen LogP contribution in [-0.4, -0.2) is 60.7 Å². The molecule has 0 aromatic carbocycles. The second kappa shape index (κ2) is 7.31. The number of aromatic nitrogens is 2. The van der Waals surface area contributed by atoms with E-state index in [-0.39, 0.29) is 24.3 Å². The van der Waals surface area contributed by atoms with E-state index in [0.717, 1.165) is 6.21 Å². The maximum atomic E-state index is 7.35. The molecule has 130 valence electrons. The van der Waals surface area contributed by atoms with Crippen LogP contribution < -0.4 is 21.7 Å². The lowest BCUT2D eigenvalue weighted by molar-refractivity contribution is 0.0698. The fourth-order valence-corrected chi connectivity index (χ4v) is 2.90. The van der Waals surface area contributed by atoms with Crippen LogP contribution in [-0.2, 0) is 9.47 Å². The molecule has 24 heavy (non-hydrogen) atoms. The lowest BCUT2D eigenvalue weighted by atomic mass is 10.1. The van der Waals surface area contributed by atoms with Crippen LogP contribution >= 0.6 is 11.6 Å². The summed E-state index contributed by atoms with van der Waals surface area (Å²) in [7, 11) is 1.74. The topological polar surface area (TPSA) is 130 Å². The van der Waals surface area contributed by atoms with Crippen molar-refractivity contribution in [2.75, 3.05) is 30.9 Å². The van der Waals surface area contributed by atoms with Gasteiger partial charge in [-0.25, -0.2) is 4.98 Å². The molecule has 3 heterocycles. The monoisotopic (exact) mass is 353 g/mol. The molecule has 0 spiro atoms. The van der Waals surface area contributed by atoms with Crippen molar-refractivity contribution in [2.45, 2.75) is 24.3 Å². The lowest BCUT2D eigenvalue weighted by Crippen LogP contribution is -2.38.